The fourth-order valence-electron chi connectivity index (χ4n) is 4.54. The largest absolute Gasteiger partial charge is 0.465 e. The van der Waals surface area contributed by atoms with E-state index in [9.17, 15) is 18.0 Å². The number of hydrogen-bond donors (Lipinski definition) is 1. The zero-order valence-electron chi connectivity index (χ0n) is 20.1. The molecule has 0 aromatic heterocycles. The summed E-state index contributed by atoms with van der Waals surface area (Å²) in [5.41, 5.74) is 3.12. The van der Waals surface area contributed by atoms with Gasteiger partial charge in [0.15, 0.2) is 0 Å². The molecule has 35 heavy (non-hydrogen) atoms. The minimum absolute atomic E-state index is 0.173. The molecule has 2 heterocycles. The summed E-state index contributed by atoms with van der Waals surface area (Å²) in [4.78, 5) is 27.2. The summed E-state index contributed by atoms with van der Waals surface area (Å²) in [6.07, 6.45) is 1.62. The minimum atomic E-state index is -3.80. The first-order chi connectivity index (χ1) is 16.7. The van der Waals surface area contributed by atoms with E-state index in [0.717, 1.165) is 5.56 Å². The molecule has 2 aliphatic rings. The number of carbonyl (C=O) groups excluding carboxylic acids is 2. The molecule has 1 fully saturated rings. The maximum absolute atomic E-state index is 13.0. The quantitative estimate of drug-likeness (QED) is 0.629. The van der Waals surface area contributed by atoms with Crippen molar-refractivity contribution in [3.05, 3.63) is 70.8 Å². The predicted octanol–water partition coefficient (Wildman–Crippen LogP) is 4.00. The van der Waals surface area contributed by atoms with E-state index >= 15 is 0 Å². The van der Waals surface area contributed by atoms with Crippen LogP contribution in [0.1, 0.15) is 47.7 Å². The van der Waals surface area contributed by atoms with E-state index < -0.39 is 16.0 Å². The number of amidine groups is 1. The summed E-state index contributed by atoms with van der Waals surface area (Å²) >= 11 is 0. The highest BCUT2D eigenvalue weighted by Gasteiger charge is 2.37. The monoisotopic (exact) mass is 495 g/mol. The van der Waals surface area contributed by atoms with E-state index in [2.05, 4.69) is 9.71 Å². The minimum Gasteiger partial charge on any atom is -0.465 e. The van der Waals surface area contributed by atoms with Crippen molar-refractivity contribution in [3.63, 3.8) is 0 Å². The van der Waals surface area contributed by atoms with Gasteiger partial charge in [-0.1, -0.05) is 48.9 Å². The van der Waals surface area contributed by atoms with E-state index in [4.69, 9.17) is 4.74 Å². The van der Waals surface area contributed by atoms with Crippen molar-refractivity contribution in [1.82, 2.24) is 4.90 Å². The van der Waals surface area contributed by atoms with E-state index in [0.29, 0.717) is 60.6 Å². The number of piperidine rings is 1. The molecule has 2 aromatic rings. The number of aryl methyl sites for hydroxylation is 1. The Morgan fingerprint density at radius 1 is 1.09 bits per heavy atom. The molecule has 1 amide bonds. The number of sulfonamides is 1. The fourth-order valence-corrected chi connectivity index (χ4v) is 6.06. The van der Waals surface area contributed by atoms with Crippen LogP contribution in [0.5, 0.6) is 0 Å². The van der Waals surface area contributed by atoms with E-state index in [1.54, 1.807) is 24.3 Å². The third kappa shape index (κ3) is 5.00. The Morgan fingerprint density at radius 2 is 1.74 bits per heavy atom. The van der Waals surface area contributed by atoms with Gasteiger partial charge in [-0.15, -0.1) is 4.40 Å². The van der Waals surface area contributed by atoms with Crippen molar-refractivity contribution in [1.29, 1.82) is 0 Å². The Balaban J connectivity index is 1.48. The molecule has 1 N–H and O–H groups in total. The Bertz CT molecular complexity index is 1300. The smallest absolute Gasteiger partial charge is 0.339 e. The van der Waals surface area contributed by atoms with Gasteiger partial charge in [0.2, 0.25) is 5.91 Å². The van der Waals surface area contributed by atoms with Gasteiger partial charge in [0.25, 0.3) is 10.0 Å². The lowest BCUT2D eigenvalue weighted by Crippen LogP contribution is -2.41. The van der Waals surface area contributed by atoms with Crippen molar-refractivity contribution >= 4 is 38.3 Å². The molecule has 1 saturated heterocycles. The number of methoxy groups -OCH3 is 1. The molecule has 184 valence electrons. The number of likely N-dealkylation sites (tertiary alicyclic amines) is 1. The second-order valence-electron chi connectivity index (χ2n) is 8.70. The van der Waals surface area contributed by atoms with Gasteiger partial charge >= 0.3 is 5.97 Å². The second kappa shape index (κ2) is 10.0. The average molecular weight is 496 g/mol. The molecule has 0 atom stereocenters. The number of ether oxygens (including phenoxy) is 1. The van der Waals surface area contributed by atoms with Crippen LogP contribution in [0.25, 0.3) is 4.91 Å². The van der Waals surface area contributed by atoms with Gasteiger partial charge in [-0.05, 0) is 43.9 Å². The van der Waals surface area contributed by atoms with Crippen LogP contribution in [0.2, 0.25) is 0 Å². The molecular formula is C26H29N3O5S. The van der Waals surface area contributed by atoms with Gasteiger partial charge in [0.05, 0.1) is 18.4 Å². The normalized spacial score (nSPS) is 17.8. The highest BCUT2D eigenvalue weighted by Crippen LogP contribution is 2.36. The zero-order valence-corrected chi connectivity index (χ0v) is 20.9. The Labute approximate surface area is 205 Å². The lowest BCUT2D eigenvalue weighted by molar-refractivity contribution is -0.120. The van der Waals surface area contributed by atoms with Gasteiger partial charge < -0.3 is 15.0 Å². The summed E-state index contributed by atoms with van der Waals surface area (Å²) in [6, 6.07) is 14.2. The van der Waals surface area contributed by atoms with E-state index in [1.807, 2.05) is 43.0 Å². The SMILES string of the molecule is CCC1=C(c2ccc(C)cc2)S(=O)(=O)N=C1N1CCC(C(=O)Nc2ccccc2C(=O)OC)CC1. The third-order valence-electron chi connectivity index (χ3n) is 6.43. The average Bonchev–Trinajstić information content (AvgIpc) is 3.14. The van der Waals surface area contributed by atoms with Crippen LogP contribution in [0.15, 0.2) is 58.5 Å². The maximum Gasteiger partial charge on any atom is 0.339 e. The summed E-state index contributed by atoms with van der Waals surface area (Å²) in [5.74, 6) is -0.466. The molecule has 0 aliphatic carbocycles. The molecule has 0 bridgehead atoms. The van der Waals surface area contributed by atoms with Crippen LogP contribution in [-0.2, 0) is 19.6 Å². The van der Waals surface area contributed by atoms with Crippen LogP contribution in [0.3, 0.4) is 0 Å². The first kappa shape index (κ1) is 24.7. The standard InChI is InChI=1S/C26H29N3O5S/c1-4-20-23(18-11-9-17(2)10-12-18)35(32,33)28-24(20)29-15-13-19(14-16-29)25(30)27-22-8-6-5-7-21(22)26(31)34-3/h5-12,19H,4,13-16H2,1-3H3,(H,27,30). The van der Waals surface area contributed by atoms with Crippen LogP contribution >= 0.6 is 0 Å². The van der Waals surface area contributed by atoms with Crippen LogP contribution in [-0.4, -0.2) is 51.2 Å². The number of hydrogen-bond acceptors (Lipinski definition) is 6. The maximum atomic E-state index is 13.0. The number of rotatable bonds is 5. The number of para-hydroxylation sites is 1. The summed E-state index contributed by atoms with van der Waals surface area (Å²) in [6.45, 7) is 4.91. The molecular weight excluding hydrogens is 466 g/mol. The Kier molecular flexibility index (Phi) is 7.07. The van der Waals surface area contributed by atoms with Crippen LogP contribution in [0, 0.1) is 12.8 Å². The second-order valence-corrected chi connectivity index (χ2v) is 10.2. The van der Waals surface area contributed by atoms with Gasteiger partial charge in [-0.2, -0.15) is 8.42 Å². The predicted molar refractivity (Wildman–Crippen MR) is 135 cm³/mol. The highest BCUT2D eigenvalue weighted by atomic mass is 32.2. The van der Waals surface area contributed by atoms with Crippen molar-refractivity contribution in [2.45, 2.75) is 33.1 Å². The van der Waals surface area contributed by atoms with Crippen LogP contribution < -0.4 is 5.32 Å². The van der Waals surface area contributed by atoms with Crippen molar-refractivity contribution in [3.8, 4) is 0 Å². The molecule has 2 aliphatic heterocycles. The topological polar surface area (TPSA) is 105 Å². The summed E-state index contributed by atoms with van der Waals surface area (Å²) in [7, 11) is -2.50. The summed E-state index contributed by atoms with van der Waals surface area (Å²) < 4.78 is 34.9. The molecule has 0 unspecified atom stereocenters. The van der Waals surface area contributed by atoms with E-state index in [1.165, 1.54) is 7.11 Å². The molecule has 0 radical (unpaired) electrons. The van der Waals surface area contributed by atoms with E-state index in [-0.39, 0.29) is 16.7 Å². The van der Waals surface area contributed by atoms with Crippen molar-refractivity contribution in [2.24, 2.45) is 10.3 Å². The molecule has 4 rings (SSSR count). The molecule has 2 aromatic carbocycles. The number of esters is 1. The molecule has 0 saturated carbocycles. The highest BCUT2D eigenvalue weighted by molar-refractivity contribution is 8.00. The molecule has 8 nitrogen and oxygen atoms in total. The lowest BCUT2D eigenvalue weighted by Gasteiger charge is -2.33. The summed E-state index contributed by atoms with van der Waals surface area (Å²) in [5, 5.41) is 2.85. The Hall–Kier alpha value is -3.46. The van der Waals surface area contributed by atoms with Crippen molar-refractivity contribution < 1.29 is 22.7 Å². The molecule has 0 spiro atoms. The number of benzene rings is 2. The zero-order chi connectivity index (χ0) is 25.2. The van der Waals surface area contributed by atoms with Crippen LogP contribution in [0.4, 0.5) is 5.69 Å². The van der Waals surface area contributed by atoms with Gasteiger partial charge in [-0.3, -0.25) is 4.79 Å². The van der Waals surface area contributed by atoms with Gasteiger partial charge in [0, 0.05) is 24.6 Å². The first-order valence-electron chi connectivity index (χ1n) is 11.6. The number of amides is 1. The number of carbonyl (C=O) groups is 2. The fraction of sp³-hybridized carbons (Fsp3) is 0.346. The van der Waals surface area contributed by atoms with Crippen molar-refractivity contribution in [2.75, 3.05) is 25.5 Å². The first-order valence-corrected chi connectivity index (χ1v) is 13.1. The number of anilines is 1. The lowest BCUT2D eigenvalue weighted by atomic mass is 9.94. The van der Waals surface area contributed by atoms with Gasteiger partial charge in [0.1, 0.15) is 10.7 Å². The molecule has 9 heteroatoms. The Morgan fingerprint density at radius 3 is 2.37 bits per heavy atom. The van der Waals surface area contributed by atoms with Gasteiger partial charge in [-0.25, -0.2) is 4.79 Å². The third-order valence-corrected chi connectivity index (χ3v) is 7.84. The number of nitrogens with one attached hydrogen (secondary N) is 1. The number of nitrogens with zero attached hydrogens (tertiary/aromatic N) is 2.